The molecule has 2 aromatic rings. The molecule has 2 aromatic heterocycles. The van der Waals surface area contributed by atoms with Crippen LogP contribution in [0.25, 0.3) is 0 Å². The van der Waals surface area contributed by atoms with Crippen LogP contribution in [0.3, 0.4) is 0 Å². The van der Waals surface area contributed by atoms with E-state index in [1.165, 1.54) is 10.8 Å². The van der Waals surface area contributed by atoms with E-state index < -0.39 is 5.91 Å². The molecule has 3 amide bonds. The SMILES string of the molecule is Cc1cc(NC(=O)CCNC(=O)c2nc(NC=O)cn2C)cn1C. The van der Waals surface area contributed by atoms with Crippen LogP contribution in [0, 0.1) is 6.92 Å². The van der Waals surface area contributed by atoms with Gasteiger partial charge in [0, 0.05) is 45.1 Å². The number of anilines is 2. The zero-order valence-electron chi connectivity index (χ0n) is 13.8. The minimum absolute atomic E-state index is 0.142. The number of nitrogens with one attached hydrogen (secondary N) is 3. The highest BCUT2D eigenvalue weighted by atomic mass is 16.2. The van der Waals surface area contributed by atoms with Crippen LogP contribution in [0.5, 0.6) is 0 Å². The van der Waals surface area contributed by atoms with Gasteiger partial charge in [-0.05, 0) is 13.0 Å². The Bertz CT molecular complexity index is 742. The van der Waals surface area contributed by atoms with E-state index in [1.54, 1.807) is 7.05 Å². The molecule has 0 saturated heterocycles. The van der Waals surface area contributed by atoms with Crippen LogP contribution < -0.4 is 16.0 Å². The predicted molar refractivity (Wildman–Crippen MR) is 88.6 cm³/mol. The Hall–Kier alpha value is -3.10. The number of hydrogen-bond donors (Lipinski definition) is 3. The molecule has 0 bridgehead atoms. The van der Waals surface area contributed by atoms with E-state index in [-0.39, 0.29) is 30.5 Å². The zero-order valence-corrected chi connectivity index (χ0v) is 13.8. The van der Waals surface area contributed by atoms with Crippen molar-refractivity contribution in [2.24, 2.45) is 14.1 Å². The minimum Gasteiger partial charge on any atom is -0.353 e. The maximum absolute atomic E-state index is 12.0. The number of aryl methyl sites for hydroxylation is 3. The van der Waals surface area contributed by atoms with Crippen molar-refractivity contribution in [3.63, 3.8) is 0 Å². The standard InChI is InChI=1S/C15H20N6O3/c1-10-6-11(7-20(10)2)18-13(23)4-5-16-15(24)14-19-12(17-9-22)8-21(14)3/h6-9H,4-5H2,1-3H3,(H,16,24)(H,17,22)(H,18,23). The Morgan fingerprint density at radius 2 is 2.00 bits per heavy atom. The van der Waals surface area contributed by atoms with E-state index in [9.17, 15) is 14.4 Å². The molecule has 128 valence electrons. The Labute approximate surface area is 139 Å². The summed E-state index contributed by atoms with van der Waals surface area (Å²) in [7, 11) is 3.54. The Morgan fingerprint density at radius 1 is 1.25 bits per heavy atom. The highest BCUT2D eigenvalue weighted by molar-refractivity contribution is 5.93. The average Bonchev–Trinajstić information content (AvgIpc) is 3.02. The molecule has 0 aliphatic rings. The Kier molecular flexibility index (Phi) is 5.35. The number of carbonyl (C=O) groups excluding carboxylic acids is 3. The molecule has 0 radical (unpaired) electrons. The molecule has 0 aliphatic heterocycles. The molecule has 0 saturated carbocycles. The summed E-state index contributed by atoms with van der Waals surface area (Å²) in [5.41, 5.74) is 1.76. The van der Waals surface area contributed by atoms with Crippen molar-refractivity contribution in [1.82, 2.24) is 19.4 Å². The second-order valence-corrected chi connectivity index (χ2v) is 5.36. The van der Waals surface area contributed by atoms with E-state index in [0.717, 1.165) is 11.4 Å². The number of hydrogen-bond acceptors (Lipinski definition) is 4. The van der Waals surface area contributed by atoms with Gasteiger partial charge in [0.2, 0.25) is 18.1 Å². The van der Waals surface area contributed by atoms with E-state index in [0.29, 0.717) is 6.41 Å². The van der Waals surface area contributed by atoms with Crippen molar-refractivity contribution in [2.45, 2.75) is 13.3 Å². The van der Waals surface area contributed by atoms with Crippen molar-refractivity contribution in [3.05, 3.63) is 30.0 Å². The summed E-state index contributed by atoms with van der Waals surface area (Å²) in [4.78, 5) is 38.3. The van der Waals surface area contributed by atoms with Crippen molar-refractivity contribution in [1.29, 1.82) is 0 Å². The normalized spacial score (nSPS) is 10.3. The third-order valence-corrected chi connectivity index (χ3v) is 3.46. The Morgan fingerprint density at radius 3 is 2.62 bits per heavy atom. The molecule has 3 N–H and O–H groups in total. The molecule has 2 heterocycles. The van der Waals surface area contributed by atoms with Gasteiger partial charge in [-0.3, -0.25) is 14.4 Å². The van der Waals surface area contributed by atoms with Crippen LogP contribution >= 0.6 is 0 Å². The van der Waals surface area contributed by atoms with Crippen LogP contribution in [0.15, 0.2) is 18.5 Å². The molecule has 24 heavy (non-hydrogen) atoms. The van der Waals surface area contributed by atoms with Crippen molar-refractivity contribution < 1.29 is 14.4 Å². The number of carbonyl (C=O) groups is 3. The van der Waals surface area contributed by atoms with Crippen LogP contribution in [0.4, 0.5) is 11.5 Å². The highest BCUT2D eigenvalue weighted by Crippen LogP contribution is 2.11. The molecule has 0 atom stereocenters. The quantitative estimate of drug-likeness (QED) is 0.637. The third-order valence-electron chi connectivity index (χ3n) is 3.46. The molecular formula is C15H20N6O3. The van der Waals surface area contributed by atoms with Crippen LogP contribution in [0.2, 0.25) is 0 Å². The van der Waals surface area contributed by atoms with Crippen molar-refractivity contribution >= 4 is 29.7 Å². The van der Waals surface area contributed by atoms with Crippen LogP contribution in [0.1, 0.15) is 22.7 Å². The molecule has 0 spiro atoms. The van der Waals surface area contributed by atoms with Crippen molar-refractivity contribution in [2.75, 3.05) is 17.2 Å². The highest BCUT2D eigenvalue weighted by Gasteiger charge is 2.14. The first-order valence-corrected chi connectivity index (χ1v) is 7.35. The second-order valence-electron chi connectivity index (χ2n) is 5.36. The van der Waals surface area contributed by atoms with E-state index in [4.69, 9.17) is 0 Å². The van der Waals surface area contributed by atoms with Gasteiger partial charge in [-0.2, -0.15) is 0 Å². The van der Waals surface area contributed by atoms with E-state index in [2.05, 4.69) is 20.9 Å². The van der Waals surface area contributed by atoms with Gasteiger partial charge in [0.1, 0.15) is 0 Å². The van der Waals surface area contributed by atoms with Gasteiger partial charge in [0.25, 0.3) is 5.91 Å². The van der Waals surface area contributed by atoms with Crippen LogP contribution in [-0.2, 0) is 23.7 Å². The maximum Gasteiger partial charge on any atom is 0.287 e. The van der Waals surface area contributed by atoms with E-state index in [1.807, 2.05) is 30.8 Å². The molecule has 9 nitrogen and oxygen atoms in total. The monoisotopic (exact) mass is 332 g/mol. The molecule has 0 fully saturated rings. The number of nitrogens with zero attached hydrogens (tertiary/aromatic N) is 3. The molecular weight excluding hydrogens is 312 g/mol. The van der Waals surface area contributed by atoms with Gasteiger partial charge in [0.05, 0.1) is 5.69 Å². The average molecular weight is 332 g/mol. The summed E-state index contributed by atoms with van der Waals surface area (Å²) in [6.45, 7) is 2.12. The topological polar surface area (TPSA) is 110 Å². The number of imidazole rings is 1. The van der Waals surface area contributed by atoms with E-state index >= 15 is 0 Å². The second kappa shape index (κ2) is 7.44. The van der Waals surface area contributed by atoms with Gasteiger partial charge in [0.15, 0.2) is 5.82 Å². The van der Waals surface area contributed by atoms with Gasteiger partial charge in [-0.15, -0.1) is 0 Å². The molecule has 0 unspecified atom stereocenters. The van der Waals surface area contributed by atoms with Gasteiger partial charge < -0.3 is 25.1 Å². The van der Waals surface area contributed by atoms with Gasteiger partial charge >= 0.3 is 0 Å². The number of rotatable bonds is 7. The fourth-order valence-corrected chi connectivity index (χ4v) is 2.14. The van der Waals surface area contributed by atoms with Gasteiger partial charge in [-0.1, -0.05) is 0 Å². The maximum atomic E-state index is 12.0. The summed E-state index contributed by atoms with van der Waals surface area (Å²) >= 11 is 0. The first-order chi connectivity index (χ1) is 11.4. The first kappa shape index (κ1) is 17.3. The fraction of sp³-hybridized carbons (Fsp3) is 0.333. The molecule has 9 heteroatoms. The van der Waals surface area contributed by atoms with Gasteiger partial charge in [-0.25, -0.2) is 4.98 Å². The summed E-state index contributed by atoms with van der Waals surface area (Å²) < 4.78 is 3.40. The predicted octanol–water partition coefficient (Wildman–Crippen LogP) is 0.394. The smallest absolute Gasteiger partial charge is 0.287 e. The minimum atomic E-state index is -0.417. The molecule has 0 aliphatic carbocycles. The molecule has 0 aromatic carbocycles. The lowest BCUT2D eigenvalue weighted by molar-refractivity contribution is -0.116. The summed E-state index contributed by atoms with van der Waals surface area (Å²) in [6.07, 6.45) is 3.97. The molecule has 2 rings (SSSR count). The fourth-order valence-electron chi connectivity index (χ4n) is 2.14. The first-order valence-electron chi connectivity index (χ1n) is 7.35. The summed E-state index contributed by atoms with van der Waals surface area (Å²) in [5, 5.41) is 7.77. The van der Waals surface area contributed by atoms with Crippen LogP contribution in [-0.4, -0.2) is 38.9 Å². The summed E-state index contributed by atoms with van der Waals surface area (Å²) in [6, 6.07) is 1.87. The lowest BCUT2D eigenvalue weighted by atomic mass is 10.3. The zero-order chi connectivity index (χ0) is 17.7. The van der Waals surface area contributed by atoms with Crippen molar-refractivity contribution in [3.8, 4) is 0 Å². The lowest BCUT2D eigenvalue weighted by Gasteiger charge is -2.05. The lowest BCUT2D eigenvalue weighted by Crippen LogP contribution is -2.29. The largest absolute Gasteiger partial charge is 0.353 e. The summed E-state index contributed by atoms with van der Waals surface area (Å²) in [5.74, 6) is -0.169. The number of amides is 3. The Balaban J connectivity index is 1.81. The number of aromatic nitrogens is 3. The third kappa shape index (κ3) is 4.22.